The maximum Gasteiger partial charge on any atom is 0.203 e. The molecule has 3 nitrogen and oxygen atoms in total. The predicted molar refractivity (Wildman–Crippen MR) is 72.2 cm³/mol. The van der Waals surface area contributed by atoms with Gasteiger partial charge in [-0.1, -0.05) is 26.2 Å². The third kappa shape index (κ3) is 3.02. The second-order valence-corrected chi connectivity index (χ2v) is 5.65. The number of nitrogens with one attached hydrogen (secondary N) is 1. The molecule has 1 fully saturated rings. The van der Waals surface area contributed by atoms with Gasteiger partial charge in [-0.25, -0.2) is 4.98 Å². The van der Waals surface area contributed by atoms with Gasteiger partial charge in [-0.05, 0) is 32.1 Å². The van der Waals surface area contributed by atoms with Crippen LogP contribution in [0.5, 0.6) is 0 Å². The van der Waals surface area contributed by atoms with Crippen LogP contribution in [0.3, 0.4) is 0 Å². The van der Waals surface area contributed by atoms with Crippen LogP contribution < -0.4 is 5.32 Å². The van der Waals surface area contributed by atoms with E-state index in [1.165, 1.54) is 25.7 Å². The number of hydrogen-bond acceptors (Lipinski definition) is 2. The summed E-state index contributed by atoms with van der Waals surface area (Å²) in [6, 6.07) is 0.476. The maximum atomic E-state index is 4.40. The molecule has 96 valence electrons. The zero-order valence-corrected chi connectivity index (χ0v) is 11.3. The lowest BCUT2D eigenvalue weighted by molar-refractivity contribution is 0.268. The lowest BCUT2D eigenvalue weighted by atomic mass is 9.80. The van der Waals surface area contributed by atoms with Crippen LogP contribution in [0, 0.1) is 11.8 Å². The van der Waals surface area contributed by atoms with E-state index in [-0.39, 0.29) is 0 Å². The molecule has 0 radical (unpaired) electrons. The number of imidazole rings is 1. The molecule has 1 aliphatic carbocycles. The average Bonchev–Trinajstić information content (AvgIpc) is 2.76. The minimum atomic E-state index is 0.476. The van der Waals surface area contributed by atoms with Gasteiger partial charge in [0.05, 0.1) is 0 Å². The molecule has 0 aliphatic heterocycles. The van der Waals surface area contributed by atoms with Crippen molar-refractivity contribution in [3.8, 4) is 0 Å². The van der Waals surface area contributed by atoms with E-state index in [1.54, 1.807) is 0 Å². The molecule has 0 spiro atoms. The predicted octanol–water partition coefficient (Wildman–Crippen LogP) is 3.70. The highest BCUT2D eigenvalue weighted by molar-refractivity contribution is 5.26. The van der Waals surface area contributed by atoms with Crippen molar-refractivity contribution in [2.24, 2.45) is 11.8 Å². The highest BCUT2D eigenvalue weighted by Gasteiger charge is 2.21. The summed E-state index contributed by atoms with van der Waals surface area (Å²) in [4.78, 5) is 4.40. The molecule has 1 heterocycles. The summed E-state index contributed by atoms with van der Waals surface area (Å²) < 4.78 is 2.20. The van der Waals surface area contributed by atoms with E-state index in [9.17, 15) is 0 Å². The molecule has 1 aromatic rings. The molecule has 1 saturated carbocycles. The molecule has 17 heavy (non-hydrogen) atoms. The summed E-state index contributed by atoms with van der Waals surface area (Å²) in [6.45, 7) is 7.84. The van der Waals surface area contributed by atoms with Gasteiger partial charge in [0.2, 0.25) is 5.95 Å². The van der Waals surface area contributed by atoms with E-state index in [4.69, 9.17) is 0 Å². The average molecular weight is 235 g/mol. The van der Waals surface area contributed by atoms with E-state index in [2.05, 4.69) is 41.8 Å². The summed E-state index contributed by atoms with van der Waals surface area (Å²) in [6.07, 6.45) is 9.51. The Morgan fingerprint density at radius 1 is 1.41 bits per heavy atom. The van der Waals surface area contributed by atoms with E-state index in [0.29, 0.717) is 6.04 Å². The van der Waals surface area contributed by atoms with E-state index < -0.39 is 0 Å². The summed E-state index contributed by atoms with van der Waals surface area (Å²) in [5.41, 5.74) is 0. The molecule has 2 atom stereocenters. The normalized spacial score (nSPS) is 25.2. The van der Waals surface area contributed by atoms with Crippen LogP contribution in [0.1, 0.15) is 52.5 Å². The molecule has 3 heteroatoms. The third-order valence-corrected chi connectivity index (χ3v) is 4.04. The SMILES string of the molecule is CC1CCCCC1CNc1nccn1C(C)C. The number of rotatable bonds is 4. The number of nitrogens with zero attached hydrogens (tertiary/aromatic N) is 2. The van der Waals surface area contributed by atoms with Crippen molar-refractivity contribution in [3.63, 3.8) is 0 Å². The molecule has 1 aromatic heterocycles. The van der Waals surface area contributed by atoms with Crippen molar-refractivity contribution in [2.45, 2.75) is 52.5 Å². The number of aromatic nitrogens is 2. The summed E-state index contributed by atoms with van der Waals surface area (Å²) in [5.74, 6) is 2.71. The third-order valence-electron chi connectivity index (χ3n) is 4.04. The fraction of sp³-hybridized carbons (Fsp3) is 0.786. The number of hydrogen-bond donors (Lipinski definition) is 1. The highest BCUT2D eigenvalue weighted by atomic mass is 15.2. The molecular formula is C14H25N3. The first kappa shape index (κ1) is 12.5. The summed E-state index contributed by atoms with van der Waals surface area (Å²) in [7, 11) is 0. The van der Waals surface area contributed by atoms with Crippen molar-refractivity contribution in [1.29, 1.82) is 0 Å². The van der Waals surface area contributed by atoms with Crippen LogP contribution in [0.2, 0.25) is 0 Å². The monoisotopic (exact) mass is 235 g/mol. The smallest absolute Gasteiger partial charge is 0.203 e. The standard InChI is InChI=1S/C14H25N3/c1-11(2)17-9-8-15-14(17)16-10-13-7-5-4-6-12(13)3/h8-9,11-13H,4-7,10H2,1-3H3,(H,15,16). The van der Waals surface area contributed by atoms with Crippen LogP contribution in [-0.4, -0.2) is 16.1 Å². The zero-order chi connectivity index (χ0) is 12.3. The van der Waals surface area contributed by atoms with Gasteiger partial charge in [0.1, 0.15) is 0 Å². The highest BCUT2D eigenvalue weighted by Crippen LogP contribution is 2.29. The Morgan fingerprint density at radius 3 is 2.88 bits per heavy atom. The Hall–Kier alpha value is -0.990. The van der Waals surface area contributed by atoms with Crippen molar-refractivity contribution in [3.05, 3.63) is 12.4 Å². The van der Waals surface area contributed by atoms with E-state index in [1.807, 2.05) is 6.20 Å². The Bertz CT molecular complexity index is 343. The minimum Gasteiger partial charge on any atom is -0.355 e. The van der Waals surface area contributed by atoms with Crippen molar-refractivity contribution < 1.29 is 0 Å². The topological polar surface area (TPSA) is 29.9 Å². The van der Waals surface area contributed by atoms with Crippen molar-refractivity contribution in [1.82, 2.24) is 9.55 Å². The first-order valence-electron chi connectivity index (χ1n) is 6.95. The Balaban J connectivity index is 1.90. The van der Waals surface area contributed by atoms with Crippen LogP contribution in [0.25, 0.3) is 0 Å². The van der Waals surface area contributed by atoms with Gasteiger partial charge < -0.3 is 9.88 Å². The van der Waals surface area contributed by atoms with Crippen molar-refractivity contribution >= 4 is 5.95 Å². The van der Waals surface area contributed by atoms with Gasteiger partial charge >= 0.3 is 0 Å². The van der Waals surface area contributed by atoms with E-state index in [0.717, 1.165) is 24.3 Å². The minimum absolute atomic E-state index is 0.476. The van der Waals surface area contributed by atoms with Gasteiger partial charge in [-0.3, -0.25) is 0 Å². The second-order valence-electron chi connectivity index (χ2n) is 5.65. The summed E-state index contributed by atoms with van der Waals surface area (Å²) in [5, 5.41) is 3.53. The quantitative estimate of drug-likeness (QED) is 0.862. The van der Waals surface area contributed by atoms with E-state index >= 15 is 0 Å². The number of anilines is 1. The fourth-order valence-electron chi connectivity index (χ4n) is 2.79. The Morgan fingerprint density at radius 2 is 2.18 bits per heavy atom. The van der Waals surface area contributed by atoms with Gasteiger partial charge in [-0.15, -0.1) is 0 Å². The van der Waals surface area contributed by atoms with Crippen LogP contribution >= 0.6 is 0 Å². The largest absolute Gasteiger partial charge is 0.355 e. The first-order valence-corrected chi connectivity index (χ1v) is 6.95. The first-order chi connectivity index (χ1) is 8.18. The molecule has 1 aliphatic rings. The lowest BCUT2D eigenvalue weighted by Crippen LogP contribution is -2.25. The zero-order valence-electron chi connectivity index (χ0n) is 11.3. The molecule has 0 bridgehead atoms. The molecule has 0 saturated heterocycles. The molecule has 2 rings (SSSR count). The molecule has 0 amide bonds. The van der Waals surface area contributed by atoms with Crippen molar-refractivity contribution in [2.75, 3.05) is 11.9 Å². The van der Waals surface area contributed by atoms with Gasteiger partial charge in [-0.2, -0.15) is 0 Å². The molecule has 2 unspecified atom stereocenters. The Kier molecular flexibility index (Phi) is 4.08. The second kappa shape index (κ2) is 5.56. The van der Waals surface area contributed by atoms with Crippen LogP contribution in [0.4, 0.5) is 5.95 Å². The summed E-state index contributed by atoms with van der Waals surface area (Å²) >= 11 is 0. The lowest BCUT2D eigenvalue weighted by Gasteiger charge is -2.29. The maximum absolute atomic E-state index is 4.40. The van der Waals surface area contributed by atoms with Gasteiger partial charge in [0.15, 0.2) is 0 Å². The Labute approximate surface area is 105 Å². The molecular weight excluding hydrogens is 210 g/mol. The van der Waals surface area contributed by atoms with Gasteiger partial charge in [0.25, 0.3) is 0 Å². The molecule has 0 aromatic carbocycles. The van der Waals surface area contributed by atoms with Gasteiger partial charge in [0, 0.05) is 25.0 Å². The molecule has 1 N–H and O–H groups in total. The van der Waals surface area contributed by atoms with Crippen LogP contribution in [-0.2, 0) is 0 Å². The fourth-order valence-corrected chi connectivity index (χ4v) is 2.79. The van der Waals surface area contributed by atoms with Crippen LogP contribution in [0.15, 0.2) is 12.4 Å².